The van der Waals surface area contributed by atoms with Gasteiger partial charge in [0.2, 0.25) is 5.91 Å². The van der Waals surface area contributed by atoms with Crippen molar-refractivity contribution in [3.63, 3.8) is 0 Å². The minimum absolute atomic E-state index is 0.0697. The van der Waals surface area contributed by atoms with Crippen LogP contribution < -0.4 is 15.4 Å². The number of nitrogens with zero attached hydrogens (tertiary/aromatic N) is 2. The van der Waals surface area contributed by atoms with E-state index in [1.807, 2.05) is 17.9 Å². The minimum Gasteiger partial charge on any atom is -0.493 e. The average molecular weight is 407 g/mol. The fraction of sp³-hybridized carbons (Fsp3) is 0.417. The molecule has 0 saturated carbocycles. The predicted octanol–water partition coefficient (Wildman–Crippen LogP) is 2.30. The highest BCUT2D eigenvalue weighted by atomic mass is 16.5. The number of hydrogen-bond donors (Lipinski definition) is 2. The summed E-state index contributed by atoms with van der Waals surface area (Å²) in [6, 6.07) is 14.8. The highest BCUT2D eigenvalue weighted by Crippen LogP contribution is 2.25. The largest absolute Gasteiger partial charge is 0.493 e. The van der Waals surface area contributed by atoms with E-state index in [1.54, 1.807) is 0 Å². The van der Waals surface area contributed by atoms with Crippen LogP contribution in [0.3, 0.4) is 0 Å². The van der Waals surface area contributed by atoms with E-state index in [0.717, 1.165) is 51.3 Å². The molecule has 0 saturated heterocycles. The topological polar surface area (TPSA) is 66.0 Å². The fourth-order valence-corrected chi connectivity index (χ4v) is 4.02. The molecule has 0 aliphatic carbocycles. The molecule has 0 bridgehead atoms. The van der Waals surface area contributed by atoms with Crippen LogP contribution in [0.5, 0.6) is 5.75 Å². The molecule has 0 atom stereocenters. The molecule has 6 nitrogen and oxygen atoms in total. The first-order valence-corrected chi connectivity index (χ1v) is 10.8. The lowest BCUT2D eigenvalue weighted by molar-refractivity contribution is -0.130. The van der Waals surface area contributed by atoms with Crippen molar-refractivity contribution in [1.29, 1.82) is 0 Å². The maximum Gasteiger partial charge on any atom is 0.244 e. The first-order valence-electron chi connectivity index (χ1n) is 10.8. The summed E-state index contributed by atoms with van der Waals surface area (Å²) in [6.45, 7) is 5.93. The van der Waals surface area contributed by atoms with Gasteiger partial charge in [0.15, 0.2) is 5.96 Å². The van der Waals surface area contributed by atoms with E-state index < -0.39 is 0 Å². The molecule has 2 aliphatic heterocycles. The van der Waals surface area contributed by atoms with Gasteiger partial charge in [0.25, 0.3) is 0 Å². The van der Waals surface area contributed by atoms with Crippen LogP contribution in [0.4, 0.5) is 0 Å². The van der Waals surface area contributed by atoms with Crippen molar-refractivity contribution >= 4 is 11.9 Å². The number of carbonyl (C=O) groups is 1. The molecule has 158 valence electrons. The van der Waals surface area contributed by atoms with Gasteiger partial charge in [0, 0.05) is 32.6 Å². The lowest BCUT2D eigenvalue weighted by Crippen LogP contribution is -2.41. The van der Waals surface area contributed by atoms with Crippen LogP contribution in [0.1, 0.15) is 29.2 Å². The molecule has 0 radical (unpaired) electrons. The Morgan fingerprint density at radius 1 is 1.10 bits per heavy atom. The lowest BCUT2D eigenvalue weighted by Gasteiger charge is -2.28. The quantitative estimate of drug-likeness (QED) is 0.571. The SMILES string of the molecule is CCNC(=NCC(=O)N1CCc2ccccc2C1)NCCc1ccc2c(c1)CCO2. The summed E-state index contributed by atoms with van der Waals surface area (Å²) in [5, 5.41) is 6.58. The van der Waals surface area contributed by atoms with Crippen LogP contribution in [0, 0.1) is 0 Å². The second-order valence-electron chi connectivity index (χ2n) is 7.75. The summed E-state index contributed by atoms with van der Waals surface area (Å²) in [7, 11) is 0. The Kier molecular flexibility index (Phi) is 6.52. The van der Waals surface area contributed by atoms with Gasteiger partial charge in [0.1, 0.15) is 12.3 Å². The number of benzene rings is 2. The molecule has 0 unspecified atom stereocenters. The van der Waals surface area contributed by atoms with Gasteiger partial charge in [-0.2, -0.15) is 0 Å². The molecule has 2 aromatic carbocycles. The van der Waals surface area contributed by atoms with E-state index in [0.29, 0.717) is 12.5 Å². The summed E-state index contributed by atoms with van der Waals surface area (Å²) in [5.41, 5.74) is 5.16. The number of aliphatic imine (C=N–C) groups is 1. The summed E-state index contributed by atoms with van der Waals surface area (Å²) < 4.78 is 5.57. The molecule has 2 N–H and O–H groups in total. The average Bonchev–Trinajstić information content (AvgIpc) is 3.25. The Balaban J connectivity index is 1.28. The van der Waals surface area contributed by atoms with Crippen LogP contribution >= 0.6 is 0 Å². The van der Waals surface area contributed by atoms with Crippen molar-refractivity contribution in [2.45, 2.75) is 32.7 Å². The molecular formula is C24H30N4O2. The van der Waals surface area contributed by atoms with Crippen LogP contribution in [0.2, 0.25) is 0 Å². The van der Waals surface area contributed by atoms with E-state index in [9.17, 15) is 4.79 Å². The standard InChI is InChI=1S/C24H30N4O2/c1-2-25-24(26-12-9-18-7-8-22-20(15-18)11-14-30-22)27-16-23(29)28-13-10-19-5-3-4-6-21(19)17-28/h3-8,15H,2,9-14,16-17H2,1H3,(H2,25,26,27). The molecule has 0 aromatic heterocycles. The summed E-state index contributed by atoms with van der Waals surface area (Å²) >= 11 is 0. The van der Waals surface area contributed by atoms with Gasteiger partial charge in [-0.25, -0.2) is 4.99 Å². The van der Waals surface area contributed by atoms with Gasteiger partial charge < -0.3 is 20.3 Å². The van der Waals surface area contributed by atoms with E-state index >= 15 is 0 Å². The van der Waals surface area contributed by atoms with Crippen LogP contribution in [-0.2, 0) is 30.6 Å². The Bertz CT molecular complexity index is 925. The van der Waals surface area contributed by atoms with Crippen molar-refractivity contribution in [3.05, 3.63) is 64.7 Å². The second-order valence-corrected chi connectivity index (χ2v) is 7.75. The van der Waals surface area contributed by atoms with Crippen molar-refractivity contribution in [1.82, 2.24) is 15.5 Å². The zero-order valence-corrected chi connectivity index (χ0v) is 17.6. The predicted molar refractivity (Wildman–Crippen MR) is 119 cm³/mol. The normalized spacial score (nSPS) is 15.2. The monoisotopic (exact) mass is 406 g/mol. The van der Waals surface area contributed by atoms with Crippen molar-refractivity contribution < 1.29 is 9.53 Å². The summed E-state index contributed by atoms with van der Waals surface area (Å²) in [5.74, 6) is 1.77. The fourth-order valence-electron chi connectivity index (χ4n) is 4.02. The third-order valence-corrected chi connectivity index (χ3v) is 5.66. The molecule has 30 heavy (non-hydrogen) atoms. The molecule has 2 aliphatic rings. The molecular weight excluding hydrogens is 376 g/mol. The Hall–Kier alpha value is -3.02. The van der Waals surface area contributed by atoms with Crippen molar-refractivity contribution in [2.24, 2.45) is 4.99 Å². The Labute approximate surface area is 178 Å². The lowest BCUT2D eigenvalue weighted by atomic mass is 10.00. The Morgan fingerprint density at radius 3 is 2.83 bits per heavy atom. The second kappa shape index (κ2) is 9.65. The van der Waals surface area contributed by atoms with Crippen LogP contribution in [0.15, 0.2) is 47.5 Å². The highest BCUT2D eigenvalue weighted by Gasteiger charge is 2.20. The third kappa shape index (κ3) is 4.93. The molecule has 6 heteroatoms. The first kappa shape index (κ1) is 20.3. The first-order chi connectivity index (χ1) is 14.7. The zero-order chi connectivity index (χ0) is 20.8. The zero-order valence-electron chi connectivity index (χ0n) is 17.6. The minimum atomic E-state index is 0.0697. The van der Waals surface area contributed by atoms with Gasteiger partial charge in [-0.3, -0.25) is 4.79 Å². The highest BCUT2D eigenvalue weighted by molar-refractivity contribution is 5.85. The number of nitrogens with one attached hydrogen (secondary N) is 2. The molecule has 0 fully saturated rings. The Morgan fingerprint density at radius 2 is 1.97 bits per heavy atom. The van der Waals surface area contributed by atoms with Crippen LogP contribution in [0.25, 0.3) is 0 Å². The number of amides is 1. The van der Waals surface area contributed by atoms with Crippen molar-refractivity contribution in [3.8, 4) is 5.75 Å². The van der Waals surface area contributed by atoms with Crippen molar-refractivity contribution in [2.75, 3.05) is 32.8 Å². The third-order valence-electron chi connectivity index (χ3n) is 5.66. The molecule has 0 spiro atoms. The number of hydrogen-bond acceptors (Lipinski definition) is 3. The maximum atomic E-state index is 12.7. The van der Waals surface area contributed by atoms with E-state index in [1.165, 1.54) is 22.3 Å². The van der Waals surface area contributed by atoms with E-state index in [2.05, 4.69) is 52.0 Å². The van der Waals surface area contributed by atoms with Gasteiger partial charge in [0.05, 0.1) is 6.61 Å². The molecule has 1 amide bonds. The molecule has 2 aromatic rings. The number of carbonyl (C=O) groups excluding carboxylic acids is 1. The maximum absolute atomic E-state index is 12.7. The molecule has 2 heterocycles. The summed E-state index contributed by atoms with van der Waals surface area (Å²) in [6.07, 6.45) is 2.80. The number of fused-ring (bicyclic) bond motifs is 2. The smallest absolute Gasteiger partial charge is 0.244 e. The van der Waals surface area contributed by atoms with Crippen LogP contribution in [-0.4, -0.2) is 49.6 Å². The van der Waals surface area contributed by atoms with Gasteiger partial charge in [-0.15, -0.1) is 0 Å². The number of guanidine groups is 1. The number of ether oxygens (including phenoxy) is 1. The van der Waals surface area contributed by atoms with E-state index in [-0.39, 0.29) is 12.5 Å². The summed E-state index contributed by atoms with van der Waals surface area (Å²) in [4.78, 5) is 19.1. The van der Waals surface area contributed by atoms with Gasteiger partial charge in [-0.05, 0) is 48.1 Å². The number of rotatable bonds is 6. The van der Waals surface area contributed by atoms with Gasteiger partial charge >= 0.3 is 0 Å². The van der Waals surface area contributed by atoms with E-state index in [4.69, 9.17) is 4.74 Å². The molecule has 4 rings (SSSR count). The van der Waals surface area contributed by atoms with Gasteiger partial charge in [-0.1, -0.05) is 36.4 Å².